The molecule has 118 valence electrons. The van der Waals surface area contributed by atoms with Crippen molar-refractivity contribution in [2.24, 2.45) is 0 Å². The Morgan fingerprint density at radius 1 is 1.04 bits per heavy atom. The molecule has 0 unspecified atom stereocenters. The number of hydrogen-bond acceptors (Lipinski definition) is 2. The Labute approximate surface area is 139 Å². The number of fused-ring (bicyclic) bond motifs is 1. The zero-order chi connectivity index (χ0) is 15.6. The highest BCUT2D eigenvalue weighted by Crippen LogP contribution is 2.26. The van der Waals surface area contributed by atoms with E-state index in [1.54, 1.807) is 11.3 Å². The molecule has 1 aliphatic rings. The molecule has 1 aliphatic carbocycles. The fourth-order valence-electron chi connectivity index (χ4n) is 3.36. The highest BCUT2D eigenvalue weighted by Gasteiger charge is 2.18. The van der Waals surface area contributed by atoms with Crippen LogP contribution in [-0.4, -0.2) is 16.5 Å². The van der Waals surface area contributed by atoms with Crippen LogP contribution in [0.1, 0.15) is 41.8 Å². The maximum Gasteiger partial charge on any atom is 0.261 e. The van der Waals surface area contributed by atoms with Gasteiger partial charge >= 0.3 is 0 Å². The van der Waals surface area contributed by atoms with Crippen LogP contribution >= 0.6 is 11.3 Å². The molecule has 1 fully saturated rings. The summed E-state index contributed by atoms with van der Waals surface area (Å²) in [6, 6.07) is 14.7. The van der Waals surface area contributed by atoms with Crippen LogP contribution < -0.4 is 5.32 Å². The average Bonchev–Trinajstić information content (AvgIpc) is 3.22. The summed E-state index contributed by atoms with van der Waals surface area (Å²) in [5, 5.41) is 5.49. The maximum absolute atomic E-state index is 12.4. The van der Waals surface area contributed by atoms with Crippen molar-refractivity contribution in [3.8, 4) is 5.00 Å². The van der Waals surface area contributed by atoms with E-state index in [0.29, 0.717) is 6.04 Å². The maximum atomic E-state index is 12.4. The highest BCUT2D eigenvalue weighted by molar-refractivity contribution is 7.16. The first-order chi connectivity index (χ1) is 11.3. The van der Waals surface area contributed by atoms with Gasteiger partial charge in [-0.25, -0.2) is 0 Å². The van der Waals surface area contributed by atoms with Crippen molar-refractivity contribution in [1.82, 2.24) is 9.88 Å². The van der Waals surface area contributed by atoms with E-state index < -0.39 is 0 Å². The first-order valence-corrected chi connectivity index (χ1v) is 9.10. The second-order valence-corrected chi connectivity index (χ2v) is 7.25. The van der Waals surface area contributed by atoms with Crippen molar-refractivity contribution in [3.63, 3.8) is 0 Å². The van der Waals surface area contributed by atoms with E-state index in [1.165, 1.54) is 30.2 Å². The Kier molecular flexibility index (Phi) is 3.92. The molecular formula is C19H20N2OS. The lowest BCUT2D eigenvalue weighted by Crippen LogP contribution is -2.35. The number of nitrogens with zero attached hydrogens (tertiary/aromatic N) is 1. The van der Waals surface area contributed by atoms with Crippen LogP contribution in [0, 0.1) is 0 Å². The first-order valence-electron chi connectivity index (χ1n) is 8.28. The lowest BCUT2D eigenvalue weighted by molar-refractivity contribution is 0.0932. The minimum Gasteiger partial charge on any atom is -0.349 e. The molecule has 4 heteroatoms. The van der Waals surface area contributed by atoms with Gasteiger partial charge in [0.05, 0.1) is 10.4 Å². The Balaban J connectivity index is 1.55. The largest absolute Gasteiger partial charge is 0.349 e. The van der Waals surface area contributed by atoms with E-state index in [0.717, 1.165) is 22.7 Å². The van der Waals surface area contributed by atoms with Crippen molar-refractivity contribution in [3.05, 3.63) is 53.5 Å². The van der Waals surface area contributed by atoms with Gasteiger partial charge in [0.2, 0.25) is 0 Å². The van der Waals surface area contributed by atoms with Gasteiger partial charge in [-0.2, -0.15) is 0 Å². The van der Waals surface area contributed by atoms with Gasteiger partial charge in [-0.3, -0.25) is 4.79 Å². The quantitative estimate of drug-likeness (QED) is 0.741. The third-order valence-electron chi connectivity index (χ3n) is 4.59. The molecule has 2 aromatic heterocycles. The predicted molar refractivity (Wildman–Crippen MR) is 95.5 cm³/mol. The second-order valence-electron chi connectivity index (χ2n) is 6.19. The number of carbonyl (C=O) groups excluding carboxylic acids is 1. The van der Waals surface area contributed by atoms with Gasteiger partial charge in [-0.15, -0.1) is 11.3 Å². The van der Waals surface area contributed by atoms with E-state index in [9.17, 15) is 4.79 Å². The molecule has 3 aromatic rings. The van der Waals surface area contributed by atoms with Crippen LogP contribution in [0.5, 0.6) is 0 Å². The number of aromatic nitrogens is 1. The topological polar surface area (TPSA) is 34.0 Å². The van der Waals surface area contributed by atoms with E-state index in [4.69, 9.17) is 0 Å². The Hall–Kier alpha value is -2.07. The van der Waals surface area contributed by atoms with Gasteiger partial charge in [0.15, 0.2) is 0 Å². The monoisotopic (exact) mass is 324 g/mol. The molecule has 1 aromatic carbocycles. The molecule has 4 rings (SSSR count). The number of carbonyl (C=O) groups is 1. The summed E-state index contributed by atoms with van der Waals surface area (Å²) in [7, 11) is 0. The summed E-state index contributed by atoms with van der Waals surface area (Å²) in [4.78, 5) is 13.2. The molecule has 3 nitrogen and oxygen atoms in total. The lowest BCUT2D eigenvalue weighted by Gasteiger charge is -2.22. The molecule has 1 N–H and O–H groups in total. The molecule has 0 atom stereocenters. The van der Waals surface area contributed by atoms with Gasteiger partial charge in [0.1, 0.15) is 5.00 Å². The molecule has 0 spiro atoms. The molecule has 0 bridgehead atoms. The normalized spacial score (nSPS) is 15.8. The minimum atomic E-state index is 0.0737. The highest BCUT2D eigenvalue weighted by atomic mass is 32.1. The summed E-state index contributed by atoms with van der Waals surface area (Å²) in [5.41, 5.74) is 1.17. The lowest BCUT2D eigenvalue weighted by atomic mass is 9.95. The van der Waals surface area contributed by atoms with Crippen LogP contribution in [-0.2, 0) is 0 Å². The molecule has 0 aliphatic heterocycles. The Morgan fingerprint density at radius 2 is 1.87 bits per heavy atom. The number of rotatable bonds is 3. The molecule has 0 saturated heterocycles. The zero-order valence-electron chi connectivity index (χ0n) is 13.0. The molecule has 23 heavy (non-hydrogen) atoms. The summed E-state index contributed by atoms with van der Waals surface area (Å²) in [6.45, 7) is 0. The Morgan fingerprint density at radius 3 is 2.74 bits per heavy atom. The van der Waals surface area contributed by atoms with Gasteiger partial charge in [0.25, 0.3) is 5.91 Å². The fourth-order valence-corrected chi connectivity index (χ4v) is 4.26. The SMILES string of the molecule is O=C(NC1CCCCC1)c1ccc(-n2ccc3ccccc32)s1. The van der Waals surface area contributed by atoms with E-state index in [1.807, 2.05) is 24.3 Å². The van der Waals surface area contributed by atoms with Gasteiger partial charge in [0, 0.05) is 12.2 Å². The smallest absolute Gasteiger partial charge is 0.261 e. The number of hydrogen-bond donors (Lipinski definition) is 1. The van der Waals surface area contributed by atoms with Gasteiger partial charge < -0.3 is 9.88 Å². The van der Waals surface area contributed by atoms with Crippen molar-refractivity contribution in [2.75, 3.05) is 0 Å². The van der Waals surface area contributed by atoms with E-state index in [-0.39, 0.29) is 5.91 Å². The fraction of sp³-hybridized carbons (Fsp3) is 0.316. The number of para-hydroxylation sites is 1. The van der Waals surface area contributed by atoms with Crippen molar-refractivity contribution in [2.45, 2.75) is 38.1 Å². The van der Waals surface area contributed by atoms with Gasteiger partial charge in [-0.05, 0) is 42.5 Å². The first kappa shape index (κ1) is 14.5. The summed E-state index contributed by atoms with van der Waals surface area (Å²) >= 11 is 1.55. The summed E-state index contributed by atoms with van der Waals surface area (Å²) < 4.78 is 2.15. The zero-order valence-corrected chi connectivity index (χ0v) is 13.8. The standard InChI is InChI=1S/C19H20N2OS/c22-19(20-15-7-2-1-3-8-15)17-10-11-18(23-17)21-13-12-14-6-4-5-9-16(14)21/h4-6,9-13,15H,1-3,7-8H2,(H,20,22). The van der Waals surface area contributed by atoms with Crippen molar-refractivity contribution < 1.29 is 4.79 Å². The van der Waals surface area contributed by atoms with Crippen molar-refractivity contribution >= 4 is 28.1 Å². The summed E-state index contributed by atoms with van der Waals surface area (Å²) in [5.74, 6) is 0.0737. The van der Waals surface area contributed by atoms with E-state index in [2.05, 4.69) is 34.3 Å². The van der Waals surface area contributed by atoms with E-state index >= 15 is 0 Å². The predicted octanol–water partition coefficient (Wildman–Crippen LogP) is 4.75. The minimum absolute atomic E-state index is 0.0737. The van der Waals surface area contributed by atoms with Crippen molar-refractivity contribution in [1.29, 1.82) is 0 Å². The number of thiophene rings is 1. The molecule has 1 amide bonds. The number of amides is 1. The van der Waals surface area contributed by atoms with Crippen LogP contribution in [0.3, 0.4) is 0 Å². The number of benzene rings is 1. The average molecular weight is 324 g/mol. The van der Waals surface area contributed by atoms with Crippen LogP contribution in [0.25, 0.3) is 15.9 Å². The summed E-state index contributed by atoms with van der Waals surface area (Å²) in [6.07, 6.45) is 8.07. The Bertz CT molecular complexity index is 827. The second kappa shape index (κ2) is 6.20. The number of nitrogens with one attached hydrogen (secondary N) is 1. The molecular weight excluding hydrogens is 304 g/mol. The van der Waals surface area contributed by atoms with Crippen LogP contribution in [0.2, 0.25) is 0 Å². The van der Waals surface area contributed by atoms with Crippen LogP contribution in [0.15, 0.2) is 48.7 Å². The van der Waals surface area contributed by atoms with Gasteiger partial charge in [-0.1, -0.05) is 37.5 Å². The third kappa shape index (κ3) is 2.91. The third-order valence-corrected chi connectivity index (χ3v) is 5.68. The van der Waals surface area contributed by atoms with Crippen LogP contribution in [0.4, 0.5) is 0 Å². The molecule has 1 saturated carbocycles. The molecule has 0 radical (unpaired) electrons. The molecule has 2 heterocycles.